The number of aryl methyl sites for hydroxylation is 1. The van der Waals surface area contributed by atoms with E-state index in [4.69, 9.17) is 11.6 Å². The van der Waals surface area contributed by atoms with Crippen LogP contribution in [0.1, 0.15) is 43.6 Å². The molecule has 1 amide bonds. The van der Waals surface area contributed by atoms with Crippen molar-refractivity contribution in [2.45, 2.75) is 47.1 Å². The summed E-state index contributed by atoms with van der Waals surface area (Å²) in [6, 6.07) is 7.69. The third-order valence-corrected chi connectivity index (χ3v) is 4.93. The first-order valence-corrected chi connectivity index (χ1v) is 9.65. The van der Waals surface area contributed by atoms with Crippen molar-refractivity contribution < 1.29 is 4.79 Å². The summed E-state index contributed by atoms with van der Waals surface area (Å²) in [7, 11) is 0. The summed E-state index contributed by atoms with van der Waals surface area (Å²) < 4.78 is 1.95. The van der Waals surface area contributed by atoms with Gasteiger partial charge in [-0.05, 0) is 64.9 Å². The van der Waals surface area contributed by atoms with Gasteiger partial charge >= 0.3 is 0 Å². The number of hydrogen-bond donors (Lipinski definition) is 1. The Balaban J connectivity index is 1.89. The lowest BCUT2D eigenvalue weighted by Gasteiger charge is -2.18. The van der Waals surface area contributed by atoms with Gasteiger partial charge in [0.05, 0.1) is 11.4 Å². The number of carbonyl (C=O) groups is 1. The van der Waals surface area contributed by atoms with E-state index in [0.717, 1.165) is 54.7 Å². The average molecular weight is 377 g/mol. The third-order valence-electron chi connectivity index (χ3n) is 4.67. The maximum Gasteiger partial charge on any atom is 0.222 e. The topological polar surface area (TPSA) is 50.2 Å². The summed E-state index contributed by atoms with van der Waals surface area (Å²) in [4.78, 5) is 13.9. The van der Waals surface area contributed by atoms with Gasteiger partial charge in [0.1, 0.15) is 0 Å². The third kappa shape index (κ3) is 5.08. The van der Waals surface area contributed by atoms with Crippen molar-refractivity contribution in [3.05, 3.63) is 46.2 Å². The summed E-state index contributed by atoms with van der Waals surface area (Å²) >= 11 is 5.97. The molecule has 1 aromatic carbocycles. The van der Waals surface area contributed by atoms with Crippen LogP contribution in [0.25, 0.3) is 5.69 Å². The molecular formula is C20H29ClN4O. The zero-order chi connectivity index (χ0) is 19.1. The number of aromatic nitrogens is 2. The molecule has 0 radical (unpaired) electrons. The van der Waals surface area contributed by atoms with Crippen molar-refractivity contribution in [2.75, 3.05) is 19.6 Å². The van der Waals surface area contributed by atoms with Crippen LogP contribution in [0.5, 0.6) is 0 Å². The SMILES string of the molecule is CCN(CC)C(=O)CCCNCc1c(C)nn(-c2ccc(Cl)cc2)c1C. The number of nitrogens with one attached hydrogen (secondary N) is 1. The molecule has 6 heteroatoms. The van der Waals surface area contributed by atoms with Crippen LogP contribution in [0.15, 0.2) is 24.3 Å². The molecule has 0 saturated heterocycles. The molecule has 0 aliphatic heterocycles. The molecule has 2 aromatic rings. The molecule has 1 heterocycles. The van der Waals surface area contributed by atoms with Crippen LogP contribution < -0.4 is 5.32 Å². The van der Waals surface area contributed by atoms with Gasteiger partial charge in [-0.1, -0.05) is 11.6 Å². The molecule has 0 spiro atoms. The molecule has 142 valence electrons. The van der Waals surface area contributed by atoms with Crippen LogP contribution in [0.4, 0.5) is 0 Å². The minimum Gasteiger partial charge on any atom is -0.343 e. The zero-order valence-corrected chi connectivity index (χ0v) is 16.9. The monoisotopic (exact) mass is 376 g/mol. The lowest BCUT2D eigenvalue weighted by molar-refractivity contribution is -0.130. The Morgan fingerprint density at radius 2 is 1.85 bits per heavy atom. The van der Waals surface area contributed by atoms with Crippen molar-refractivity contribution in [1.82, 2.24) is 20.0 Å². The molecule has 0 atom stereocenters. The summed E-state index contributed by atoms with van der Waals surface area (Å²) in [5.41, 5.74) is 4.35. The molecule has 1 N–H and O–H groups in total. The number of benzene rings is 1. The first-order chi connectivity index (χ1) is 12.5. The highest BCUT2D eigenvalue weighted by Gasteiger charge is 2.13. The van der Waals surface area contributed by atoms with Gasteiger partial charge in [-0.15, -0.1) is 0 Å². The summed E-state index contributed by atoms with van der Waals surface area (Å²) in [6.07, 6.45) is 1.44. The quantitative estimate of drug-likeness (QED) is 0.675. The van der Waals surface area contributed by atoms with E-state index in [2.05, 4.69) is 17.3 Å². The second-order valence-electron chi connectivity index (χ2n) is 6.38. The molecule has 0 fully saturated rings. The lowest BCUT2D eigenvalue weighted by Crippen LogP contribution is -2.30. The zero-order valence-electron chi connectivity index (χ0n) is 16.2. The standard InChI is InChI=1S/C20H29ClN4O/c1-5-24(6-2)20(26)8-7-13-22-14-19-15(3)23-25(16(19)4)18-11-9-17(21)10-12-18/h9-12,22H,5-8,13-14H2,1-4H3. The number of halogens is 1. The summed E-state index contributed by atoms with van der Waals surface area (Å²) in [6.45, 7) is 11.3. The minimum atomic E-state index is 0.236. The van der Waals surface area contributed by atoms with Crippen LogP contribution in [0, 0.1) is 13.8 Å². The van der Waals surface area contributed by atoms with Gasteiger partial charge in [0, 0.05) is 42.3 Å². The molecule has 0 unspecified atom stereocenters. The Morgan fingerprint density at radius 3 is 2.46 bits per heavy atom. The number of rotatable bonds is 9. The van der Waals surface area contributed by atoms with Crippen LogP contribution in [0.2, 0.25) is 5.02 Å². The van der Waals surface area contributed by atoms with Gasteiger partial charge < -0.3 is 10.2 Å². The largest absolute Gasteiger partial charge is 0.343 e. The molecular weight excluding hydrogens is 348 g/mol. The number of nitrogens with zero attached hydrogens (tertiary/aromatic N) is 3. The van der Waals surface area contributed by atoms with E-state index in [1.807, 2.05) is 54.6 Å². The molecule has 26 heavy (non-hydrogen) atoms. The highest BCUT2D eigenvalue weighted by Crippen LogP contribution is 2.19. The van der Waals surface area contributed by atoms with E-state index in [1.165, 1.54) is 5.56 Å². The minimum absolute atomic E-state index is 0.236. The number of carbonyl (C=O) groups excluding carboxylic acids is 1. The van der Waals surface area contributed by atoms with E-state index in [9.17, 15) is 4.79 Å². The Morgan fingerprint density at radius 1 is 1.19 bits per heavy atom. The van der Waals surface area contributed by atoms with Crippen molar-refractivity contribution in [3.63, 3.8) is 0 Å². The van der Waals surface area contributed by atoms with Gasteiger partial charge in [-0.2, -0.15) is 5.10 Å². The van der Waals surface area contributed by atoms with Crippen molar-refractivity contribution in [3.8, 4) is 5.69 Å². The highest BCUT2D eigenvalue weighted by molar-refractivity contribution is 6.30. The van der Waals surface area contributed by atoms with E-state index in [-0.39, 0.29) is 5.91 Å². The smallest absolute Gasteiger partial charge is 0.222 e. The van der Waals surface area contributed by atoms with Gasteiger partial charge in [-0.3, -0.25) is 4.79 Å². The molecule has 5 nitrogen and oxygen atoms in total. The van der Waals surface area contributed by atoms with Crippen LogP contribution >= 0.6 is 11.6 Å². The normalized spacial score (nSPS) is 11.0. The van der Waals surface area contributed by atoms with Crippen LogP contribution in [-0.4, -0.2) is 40.2 Å². The Kier molecular flexibility index (Phi) is 7.66. The fraction of sp³-hybridized carbons (Fsp3) is 0.500. The van der Waals surface area contributed by atoms with E-state index >= 15 is 0 Å². The van der Waals surface area contributed by atoms with Gasteiger partial charge in [-0.25, -0.2) is 4.68 Å². The number of hydrogen-bond acceptors (Lipinski definition) is 3. The molecule has 0 bridgehead atoms. The molecule has 0 aliphatic carbocycles. The van der Waals surface area contributed by atoms with E-state index in [0.29, 0.717) is 6.42 Å². The summed E-state index contributed by atoms with van der Waals surface area (Å²) in [5, 5.41) is 8.82. The summed E-state index contributed by atoms with van der Waals surface area (Å²) in [5.74, 6) is 0.236. The van der Waals surface area contributed by atoms with E-state index in [1.54, 1.807) is 0 Å². The van der Waals surface area contributed by atoms with Crippen molar-refractivity contribution in [1.29, 1.82) is 0 Å². The Hall–Kier alpha value is -1.85. The van der Waals surface area contributed by atoms with E-state index < -0.39 is 0 Å². The van der Waals surface area contributed by atoms with Crippen molar-refractivity contribution in [2.24, 2.45) is 0 Å². The molecule has 0 aliphatic rings. The molecule has 1 aromatic heterocycles. The fourth-order valence-corrected chi connectivity index (χ4v) is 3.20. The van der Waals surface area contributed by atoms with Crippen LogP contribution in [0.3, 0.4) is 0 Å². The fourth-order valence-electron chi connectivity index (χ4n) is 3.08. The van der Waals surface area contributed by atoms with Gasteiger partial charge in [0.25, 0.3) is 0 Å². The lowest BCUT2D eigenvalue weighted by atomic mass is 10.2. The molecule has 2 rings (SSSR count). The first-order valence-electron chi connectivity index (χ1n) is 9.27. The van der Waals surface area contributed by atoms with Crippen molar-refractivity contribution >= 4 is 17.5 Å². The van der Waals surface area contributed by atoms with Gasteiger partial charge in [0.15, 0.2) is 0 Å². The maximum atomic E-state index is 12.0. The predicted molar refractivity (Wildman–Crippen MR) is 107 cm³/mol. The predicted octanol–water partition coefficient (Wildman–Crippen LogP) is 3.88. The molecule has 0 saturated carbocycles. The number of amides is 1. The maximum absolute atomic E-state index is 12.0. The average Bonchev–Trinajstić information content (AvgIpc) is 2.91. The second-order valence-corrected chi connectivity index (χ2v) is 6.82. The Labute approximate surface area is 161 Å². The van der Waals surface area contributed by atoms with Crippen LogP contribution in [-0.2, 0) is 11.3 Å². The first kappa shape index (κ1) is 20.5. The highest BCUT2D eigenvalue weighted by atomic mass is 35.5. The second kappa shape index (κ2) is 9.74. The van der Waals surface area contributed by atoms with Gasteiger partial charge in [0.2, 0.25) is 5.91 Å². The Bertz CT molecular complexity index is 720.